The number of hydrogen-bond acceptors (Lipinski definition) is 3. The molecule has 0 saturated heterocycles. The van der Waals surface area contributed by atoms with Crippen LogP contribution in [0.1, 0.15) is 50.4 Å². The van der Waals surface area contributed by atoms with E-state index in [1.807, 2.05) is 43.8 Å². The van der Waals surface area contributed by atoms with Gasteiger partial charge in [0.15, 0.2) is 0 Å². The van der Waals surface area contributed by atoms with Crippen LogP contribution < -0.4 is 10.6 Å². The highest BCUT2D eigenvalue weighted by Crippen LogP contribution is 2.17. The fourth-order valence-corrected chi connectivity index (χ4v) is 2.56. The van der Waals surface area contributed by atoms with Crippen LogP contribution in [-0.4, -0.2) is 15.7 Å². The summed E-state index contributed by atoms with van der Waals surface area (Å²) in [7, 11) is 1.95. The first-order chi connectivity index (χ1) is 11.4. The Morgan fingerprint density at radius 3 is 2.62 bits per heavy atom. The summed E-state index contributed by atoms with van der Waals surface area (Å²) in [5.74, 6) is 0.432. The molecular weight excluding hydrogens is 300 g/mol. The van der Waals surface area contributed by atoms with Crippen LogP contribution in [0, 0.1) is 5.92 Å². The number of rotatable bonds is 7. The first-order valence-electron chi connectivity index (χ1n) is 8.49. The Balaban J connectivity index is 1.94. The molecule has 24 heavy (non-hydrogen) atoms. The van der Waals surface area contributed by atoms with Crippen LogP contribution in [0.5, 0.6) is 0 Å². The van der Waals surface area contributed by atoms with Crippen LogP contribution in [0.25, 0.3) is 0 Å². The second-order valence-corrected chi connectivity index (χ2v) is 6.82. The van der Waals surface area contributed by atoms with Gasteiger partial charge in [-0.05, 0) is 23.6 Å². The van der Waals surface area contributed by atoms with Crippen molar-refractivity contribution in [2.24, 2.45) is 13.0 Å². The minimum Gasteiger partial charge on any atom is -0.326 e. The molecule has 0 atom stereocenters. The van der Waals surface area contributed by atoms with Gasteiger partial charge in [-0.3, -0.25) is 9.48 Å². The monoisotopic (exact) mass is 328 g/mol. The highest BCUT2D eigenvalue weighted by molar-refractivity contribution is 5.92. The van der Waals surface area contributed by atoms with Gasteiger partial charge in [0.1, 0.15) is 0 Å². The highest BCUT2D eigenvalue weighted by atomic mass is 16.1. The number of aryl methyl sites for hydroxylation is 1. The Bertz CT molecular complexity index is 688. The van der Waals surface area contributed by atoms with Gasteiger partial charge >= 0.3 is 0 Å². The lowest BCUT2D eigenvalue weighted by Gasteiger charge is -2.10. The molecule has 130 valence electrons. The van der Waals surface area contributed by atoms with Gasteiger partial charge in [0.2, 0.25) is 5.91 Å². The zero-order chi connectivity index (χ0) is 17.7. The molecule has 1 aromatic heterocycles. The zero-order valence-electron chi connectivity index (χ0n) is 15.3. The fraction of sp³-hybridized carbons (Fsp3) is 0.474. The summed E-state index contributed by atoms with van der Waals surface area (Å²) in [4.78, 5) is 11.8. The largest absolute Gasteiger partial charge is 0.326 e. The quantitative estimate of drug-likeness (QED) is 0.818. The van der Waals surface area contributed by atoms with Crippen LogP contribution >= 0.6 is 0 Å². The lowest BCUT2D eigenvalue weighted by atomic mass is 10.1. The topological polar surface area (TPSA) is 59.0 Å². The number of nitrogens with one attached hydrogen (secondary N) is 2. The van der Waals surface area contributed by atoms with E-state index in [9.17, 15) is 4.79 Å². The molecule has 0 aliphatic carbocycles. The van der Waals surface area contributed by atoms with Gasteiger partial charge in [-0.1, -0.05) is 39.8 Å². The molecule has 0 fully saturated rings. The molecular formula is C19H28N4O. The molecule has 5 nitrogen and oxygen atoms in total. The van der Waals surface area contributed by atoms with Crippen LogP contribution in [-0.2, 0) is 24.9 Å². The van der Waals surface area contributed by atoms with E-state index in [4.69, 9.17) is 0 Å². The number of hydrogen-bond donors (Lipinski definition) is 2. The Labute approximate surface area is 144 Å². The van der Waals surface area contributed by atoms with Crippen molar-refractivity contribution in [1.29, 1.82) is 0 Å². The van der Waals surface area contributed by atoms with Gasteiger partial charge in [-0.2, -0.15) is 5.10 Å². The average Bonchev–Trinajstić information content (AvgIpc) is 2.89. The summed E-state index contributed by atoms with van der Waals surface area (Å²) in [5, 5.41) is 10.9. The predicted octanol–water partition coefficient (Wildman–Crippen LogP) is 3.43. The van der Waals surface area contributed by atoms with E-state index in [1.165, 1.54) is 5.56 Å². The summed E-state index contributed by atoms with van der Waals surface area (Å²) in [6, 6.07) is 7.96. The summed E-state index contributed by atoms with van der Waals surface area (Å²) in [6.07, 6.45) is 2.07. The molecule has 2 N–H and O–H groups in total. The van der Waals surface area contributed by atoms with E-state index in [1.54, 1.807) is 0 Å². The van der Waals surface area contributed by atoms with Crippen molar-refractivity contribution in [3.8, 4) is 0 Å². The van der Waals surface area contributed by atoms with Crippen molar-refractivity contribution >= 4 is 11.6 Å². The minimum absolute atomic E-state index is 0.0215. The second kappa shape index (κ2) is 8.11. The number of aromatic nitrogens is 2. The number of nitrogens with zero attached hydrogens (tertiary/aromatic N) is 2. The summed E-state index contributed by atoms with van der Waals surface area (Å²) < 4.78 is 1.87. The molecule has 0 aliphatic rings. The summed E-state index contributed by atoms with van der Waals surface area (Å²) in [5.41, 5.74) is 4.36. The molecule has 2 aromatic rings. The number of carbonyl (C=O) groups is 1. The van der Waals surface area contributed by atoms with E-state index < -0.39 is 0 Å². The van der Waals surface area contributed by atoms with Crippen LogP contribution in [0.3, 0.4) is 0 Å². The number of anilines is 1. The molecule has 0 unspecified atom stereocenters. The Morgan fingerprint density at radius 1 is 1.21 bits per heavy atom. The predicted molar refractivity (Wildman–Crippen MR) is 97.8 cm³/mol. The van der Waals surface area contributed by atoms with Crippen molar-refractivity contribution in [3.63, 3.8) is 0 Å². The van der Waals surface area contributed by atoms with Gasteiger partial charge in [0, 0.05) is 43.5 Å². The van der Waals surface area contributed by atoms with Gasteiger partial charge < -0.3 is 10.6 Å². The maximum atomic E-state index is 11.8. The summed E-state index contributed by atoms with van der Waals surface area (Å²) >= 11 is 0. The average molecular weight is 328 g/mol. The SMILES string of the molecule is CC(C)C(=O)Nc1cccc(CNCc2cn(C)nc2C(C)C)c1. The van der Waals surface area contributed by atoms with E-state index in [2.05, 4.69) is 41.8 Å². The first-order valence-corrected chi connectivity index (χ1v) is 8.49. The van der Waals surface area contributed by atoms with Crippen molar-refractivity contribution < 1.29 is 4.79 Å². The number of carbonyl (C=O) groups excluding carboxylic acids is 1. The molecule has 1 heterocycles. The van der Waals surface area contributed by atoms with Crippen LogP contribution in [0.15, 0.2) is 30.5 Å². The molecule has 5 heteroatoms. The molecule has 0 saturated carbocycles. The molecule has 0 aliphatic heterocycles. The molecule has 0 radical (unpaired) electrons. The van der Waals surface area contributed by atoms with Gasteiger partial charge in [0.25, 0.3) is 0 Å². The Hall–Kier alpha value is -2.14. The van der Waals surface area contributed by atoms with Crippen LogP contribution in [0.4, 0.5) is 5.69 Å². The second-order valence-electron chi connectivity index (χ2n) is 6.82. The molecule has 2 rings (SSSR count). The van der Waals surface area contributed by atoms with Gasteiger partial charge in [-0.15, -0.1) is 0 Å². The zero-order valence-corrected chi connectivity index (χ0v) is 15.3. The lowest BCUT2D eigenvalue weighted by Crippen LogP contribution is -2.18. The van der Waals surface area contributed by atoms with E-state index in [-0.39, 0.29) is 11.8 Å². The number of amides is 1. The maximum Gasteiger partial charge on any atom is 0.226 e. The van der Waals surface area contributed by atoms with E-state index in [0.717, 1.165) is 30.0 Å². The maximum absolute atomic E-state index is 11.8. The third-order valence-electron chi connectivity index (χ3n) is 3.85. The smallest absolute Gasteiger partial charge is 0.226 e. The molecule has 1 aromatic carbocycles. The van der Waals surface area contributed by atoms with Crippen LogP contribution in [0.2, 0.25) is 0 Å². The molecule has 0 bridgehead atoms. The fourth-order valence-electron chi connectivity index (χ4n) is 2.56. The van der Waals surface area contributed by atoms with Gasteiger partial charge in [0.05, 0.1) is 5.69 Å². The van der Waals surface area contributed by atoms with E-state index >= 15 is 0 Å². The summed E-state index contributed by atoms with van der Waals surface area (Å²) in [6.45, 7) is 9.63. The normalized spacial score (nSPS) is 11.3. The minimum atomic E-state index is -0.0215. The van der Waals surface area contributed by atoms with Crippen molar-refractivity contribution in [2.75, 3.05) is 5.32 Å². The standard InChI is InChI=1S/C19H28N4O/c1-13(2)18-16(12-23(5)22-18)11-20-10-15-7-6-8-17(9-15)21-19(24)14(3)4/h6-9,12-14,20H,10-11H2,1-5H3,(H,21,24). The third-order valence-corrected chi connectivity index (χ3v) is 3.85. The van der Waals surface area contributed by atoms with E-state index in [0.29, 0.717) is 5.92 Å². The molecule has 0 spiro atoms. The van der Waals surface area contributed by atoms with Crippen molar-refractivity contribution in [2.45, 2.75) is 46.7 Å². The van der Waals surface area contributed by atoms with Crippen molar-refractivity contribution in [1.82, 2.24) is 15.1 Å². The Kier molecular flexibility index (Phi) is 6.15. The first kappa shape index (κ1) is 18.2. The molecule has 1 amide bonds. The van der Waals surface area contributed by atoms with Crippen molar-refractivity contribution in [3.05, 3.63) is 47.3 Å². The number of benzene rings is 1. The lowest BCUT2D eigenvalue weighted by molar-refractivity contribution is -0.118. The Morgan fingerprint density at radius 2 is 1.96 bits per heavy atom. The third kappa shape index (κ3) is 4.93. The van der Waals surface area contributed by atoms with Gasteiger partial charge in [-0.25, -0.2) is 0 Å². The highest BCUT2D eigenvalue weighted by Gasteiger charge is 2.11.